The molecule has 0 aliphatic carbocycles. The van der Waals surface area contributed by atoms with Crippen LogP contribution >= 0.6 is 0 Å². The zero-order chi connectivity index (χ0) is 7.33. The van der Waals surface area contributed by atoms with E-state index in [-0.39, 0.29) is 12.3 Å². The van der Waals surface area contributed by atoms with E-state index in [9.17, 15) is 8.42 Å². The lowest BCUT2D eigenvalue weighted by molar-refractivity contribution is 0.585. The third-order valence-corrected chi connectivity index (χ3v) is 2.04. The number of hydrogen-bond acceptors (Lipinski definition) is 2. The number of sulfonamides is 1. The summed E-state index contributed by atoms with van der Waals surface area (Å²) < 4.78 is 24.4. The maximum absolute atomic E-state index is 10.5. The van der Waals surface area contributed by atoms with Crippen LogP contribution in [0.3, 0.4) is 0 Å². The summed E-state index contributed by atoms with van der Waals surface area (Å²) in [5.41, 5.74) is 0. The van der Waals surface area contributed by atoms with Gasteiger partial charge in [0, 0.05) is 6.54 Å². The maximum atomic E-state index is 10.5. The summed E-state index contributed by atoms with van der Waals surface area (Å²) in [6.45, 7) is 5.09. The minimum Gasteiger partial charge on any atom is -0.211 e. The first-order valence-corrected chi connectivity index (χ1v) is 4.25. The van der Waals surface area contributed by atoms with Gasteiger partial charge >= 0.3 is 0 Å². The summed E-state index contributed by atoms with van der Waals surface area (Å²) in [5.74, 6) is 0.0703. The molecule has 3 nitrogen and oxygen atoms in total. The highest BCUT2D eigenvalue weighted by molar-refractivity contribution is 7.89. The molecule has 0 spiro atoms. The summed E-state index contributed by atoms with van der Waals surface area (Å²) in [6, 6.07) is 0. The second-order valence-electron chi connectivity index (χ2n) is 1.47. The smallest absolute Gasteiger partial charge is 0.211 e. The van der Waals surface area contributed by atoms with Crippen LogP contribution in [0.1, 0.15) is 6.92 Å². The Hall–Kier alpha value is -0.350. The minimum absolute atomic E-state index is 0.0703. The largest absolute Gasteiger partial charge is 0.227 e. The summed E-state index contributed by atoms with van der Waals surface area (Å²) in [4.78, 5) is 0. The third kappa shape index (κ3) is 4.17. The fourth-order valence-electron chi connectivity index (χ4n) is 0.258. The Labute approximate surface area is 55.8 Å². The number of hydrogen-bond donors (Lipinski definition) is 0. The molecule has 0 aromatic heterocycles. The molecule has 0 saturated heterocycles. The molecule has 0 aromatic rings. The van der Waals surface area contributed by atoms with Gasteiger partial charge in [0.05, 0.1) is 5.75 Å². The van der Waals surface area contributed by atoms with Crippen molar-refractivity contribution in [1.29, 1.82) is 0 Å². The normalized spacial score (nSPS) is 11.2. The summed E-state index contributed by atoms with van der Waals surface area (Å²) in [5, 5.41) is 0. The lowest BCUT2D eigenvalue weighted by atomic mass is 10.7. The second kappa shape index (κ2) is 3.63. The van der Waals surface area contributed by atoms with Crippen LogP contribution in [0.4, 0.5) is 0 Å². The van der Waals surface area contributed by atoms with Crippen LogP contribution in [0, 0.1) is 0 Å². The lowest BCUT2D eigenvalue weighted by Gasteiger charge is -1.94. The van der Waals surface area contributed by atoms with Crippen molar-refractivity contribution in [3.05, 3.63) is 12.7 Å². The molecular formula is C5H10NO2S. The van der Waals surface area contributed by atoms with Crippen LogP contribution in [0.15, 0.2) is 12.7 Å². The Kier molecular flexibility index (Phi) is 3.49. The Morgan fingerprint density at radius 1 is 1.67 bits per heavy atom. The van der Waals surface area contributed by atoms with Gasteiger partial charge in [0.15, 0.2) is 0 Å². The average molecular weight is 148 g/mol. The van der Waals surface area contributed by atoms with Crippen molar-refractivity contribution in [2.45, 2.75) is 6.92 Å². The molecule has 0 heterocycles. The molecule has 1 radical (unpaired) electrons. The number of nitrogens with zero attached hydrogens (tertiary/aromatic N) is 1. The van der Waals surface area contributed by atoms with E-state index in [0.717, 1.165) is 0 Å². The van der Waals surface area contributed by atoms with Crippen LogP contribution in [0.5, 0.6) is 0 Å². The molecule has 0 rings (SSSR count). The molecule has 0 N–H and O–H groups in total. The van der Waals surface area contributed by atoms with Crippen molar-refractivity contribution in [2.24, 2.45) is 0 Å². The van der Waals surface area contributed by atoms with Crippen molar-refractivity contribution < 1.29 is 8.42 Å². The fourth-order valence-corrected chi connectivity index (χ4v) is 0.773. The second-order valence-corrected chi connectivity index (χ2v) is 3.47. The van der Waals surface area contributed by atoms with Gasteiger partial charge in [-0.25, -0.2) is 8.42 Å². The van der Waals surface area contributed by atoms with Gasteiger partial charge in [-0.3, -0.25) is 0 Å². The maximum Gasteiger partial charge on any atom is 0.227 e. The van der Waals surface area contributed by atoms with E-state index < -0.39 is 10.0 Å². The van der Waals surface area contributed by atoms with E-state index in [1.165, 1.54) is 6.08 Å². The van der Waals surface area contributed by atoms with Crippen molar-refractivity contribution in [3.63, 3.8) is 0 Å². The molecule has 0 saturated carbocycles. The predicted octanol–water partition coefficient (Wildman–Crippen LogP) is 0.127. The van der Waals surface area contributed by atoms with Gasteiger partial charge < -0.3 is 0 Å². The zero-order valence-corrected chi connectivity index (χ0v) is 6.19. The highest BCUT2D eigenvalue weighted by atomic mass is 32.2. The van der Waals surface area contributed by atoms with Crippen molar-refractivity contribution in [1.82, 2.24) is 4.72 Å². The van der Waals surface area contributed by atoms with Gasteiger partial charge in [-0.15, -0.1) is 11.3 Å². The highest BCUT2D eigenvalue weighted by Gasteiger charge is 2.03. The first kappa shape index (κ1) is 8.65. The van der Waals surface area contributed by atoms with Gasteiger partial charge in [0.2, 0.25) is 10.0 Å². The van der Waals surface area contributed by atoms with Crippen molar-refractivity contribution in [3.8, 4) is 0 Å². The van der Waals surface area contributed by atoms with Crippen LogP contribution < -0.4 is 4.72 Å². The molecule has 9 heavy (non-hydrogen) atoms. The summed E-state index contributed by atoms with van der Waals surface area (Å²) in [6.07, 6.45) is 1.45. The first-order chi connectivity index (χ1) is 4.12. The molecule has 0 aliphatic heterocycles. The van der Waals surface area contributed by atoms with E-state index in [1.807, 2.05) is 0 Å². The molecule has 0 aliphatic rings. The molecule has 4 heteroatoms. The summed E-state index contributed by atoms with van der Waals surface area (Å²) in [7, 11) is -3.13. The third-order valence-electron chi connectivity index (χ3n) is 0.765. The van der Waals surface area contributed by atoms with Gasteiger partial charge in [-0.2, -0.15) is 0 Å². The Morgan fingerprint density at radius 2 is 2.22 bits per heavy atom. The average Bonchev–Trinajstić information content (AvgIpc) is 1.84. The van der Waals surface area contributed by atoms with E-state index in [4.69, 9.17) is 0 Å². The van der Waals surface area contributed by atoms with Gasteiger partial charge in [-0.05, 0) is 6.92 Å². The van der Waals surface area contributed by atoms with Crippen molar-refractivity contribution >= 4 is 10.0 Å². The Balaban J connectivity index is 3.74. The van der Waals surface area contributed by atoms with E-state index in [0.29, 0.717) is 0 Å². The predicted molar refractivity (Wildman–Crippen MR) is 36.7 cm³/mol. The lowest BCUT2D eigenvalue weighted by Crippen LogP contribution is -2.17. The zero-order valence-electron chi connectivity index (χ0n) is 5.37. The first-order valence-electron chi connectivity index (χ1n) is 2.64. The van der Waals surface area contributed by atoms with Crippen LogP contribution in [0.25, 0.3) is 0 Å². The number of rotatable bonds is 4. The van der Waals surface area contributed by atoms with E-state index in [1.54, 1.807) is 6.92 Å². The van der Waals surface area contributed by atoms with E-state index in [2.05, 4.69) is 11.3 Å². The molecule has 0 aromatic carbocycles. The fraction of sp³-hybridized carbons (Fsp3) is 0.600. The van der Waals surface area contributed by atoms with Crippen LogP contribution in [-0.2, 0) is 10.0 Å². The van der Waals surface area contributed by atoms with Gasteiger partial charge in [0.25, 0.3) is 0 Å². The quantitative estimate of drug-likeness (QED) is 0.532. The Morgan fingerprint density at radius 3 is 2.56 bits per heavy atom. The highest BCUT2D eigenvalue weighted by Crippen LogP contribution is 1.82. The van der Waals surface area contributed by atoms with Gasteiger partial charge in [0.1, 0.15) is 0 Å². The molecule has 53 valence electrons. The molecule has 0 unspecified atom stereocenters. The van der Waals surface area contributed by atoms with Gasteiger partial charge in [-0.1, -0.05) is 6.08 Å². The monoisotopic (exact) mass is 148 g/mol. The Bertz CT molecular complexity index is 171. The van der Waals surface area contributed by atoms with Crippen LogP contribution in [0.2, 0.25) is 0 Å². The SMILES string of the molecule is C=CC[N]S(=O)(=O)CC. The van der Waals surface area contributed by atoms with Crippen LogP contribution in [-0.4, -0.2) is 20.7 Å². The molecule has 0 amide bonds. The molecule has 0 fully saturated rings. The molecule has 0 atom stereocenters. The van der Waals surface area contributed by atoms with E-state index >= 15 is 0 Å². The standard InChI is InChI=1S/C5H10NO2S/c1-3-5-6-9(7,8)4-2/h3H,1,4-5H2,2H3. The summed E-state index contributed by atoms with van der Waals surface area (Å²) >= 11 is 0. The molecular weight excluding hydrogens is 138 g/mol. The van der Waals surface area contributed by atoms with Crippen molar-refractivity contribution in [2.75, 3.05) is 12.3 Å². The molecule has 0 bridgehead atoms. The minimum atomic E-state index is -3.13. The topological polar surface area (TPSA) is 48.2 Å².